The van der Waals surface area contributed by atoms with E-state index >= 15 is 0 Å². The van der Waals surface area contributed by atoms with Crippen molar-refractivity contribution in [3.05, 3.63) is 0 Å². The largest absolute Gasteiger partial charge is 0.481 e. The number of aliphatic carboxylic acids is 1. The van der Waals surface area contributed by atoms with Gasteiger partial charge in [-0.05, 0) is 18.8 Å². The van der Waals surface area contributed by atoms with E-state index in [0.29, 0.717) is 12.2 Å². The lowest BCUT2D eigenvalue weighted by molar-refractivity contribution is -0.143. The average molecular weight is 166 g/mol. The van der Waals surface area contributed by atoms with Crippen molar-refractivity contribution in [2.75, 3.05) is 0 Å². The van der Waals surface area contributed by atoms with E-state index in [1.54, 1.807) is 0 Å². The summed E-state index contributed by atoms with van der Waals surface area (Å²) in [6.45, 7) is 0. The molecule has 66 valence electrons. The van der Waals surface area contributed by atoms with Crippen molar-refractivity contribution >= 4 is 13.8 Å². The third-order valence-corrected chi connectivity index (χ3v) is 2.76. The highest BCUT2D eigenvalue weighted by Gasteiger charge is 2.31. The number of carbonyl (C=O) groups is 1. The smallest absolute Gasteiger partial charge is 0.306 e. The zero-order chi connectivity index (χ0) is 8.97. The topological polar surface area (TPSA) is 37.3 Å². The van der Waals surface area contributed by atoms with Crippen LogP contribution in [0.1, 0.15) is 32.1 Å². The van der Waals surface area contributed by atoms with E-state index in [4.69, 9.17) is 13.0 Å². The molecule has 2 nitrogen and oxygen atoms in total. The molecule has 1 saturated carbocycles. The molecule has 1 rings (SSSR count). The molecule has 0 aromatic rings. The Bertz CT molecular complexity index is 159. The molecule has 2 unspecified atom stereocenters. The summed E-state index contributed by atoms with van der Waals surface area (Å²) in [5, 5.41) is 8.85. The van der Waals surface area contributed by atoms with Gasteiger partial charge in [-0.25, -0.2) is 0 Å². The van der Waals surface area contributed by atoms with Crippen molar-refractivity contribution in [2.24, 2.45) is 11.8 Å². The van der Waals surface area contributed by atoms with Crippen LogP contribution in [0.4, 0.5) is 0 Å². The number of carboxylic acids is 1. The second-order valence-corrected chi connectivity index (χ2v) is 3.57. The Morgan fingerprint density at radius 2 is 2.25 bits per heavy atom. The summed E-state index contributed by atoms with van der Waals surface area (Å²) < 4.78 is 0. The molecule has 0 aromatic carbocycles. The van der Waals surface area contributed by atoms with E-state index in [0.717, 1.165) is 32.1 Å². The summed E-state index contributed by atoms with van der Waals surface area (Å²) in [5.74, 6) is -0.308. The highest BCUT2D eigenvalue weighted by molar-refractivity contribution is 6.08. The van der Waals surface area contributed by atoms with Crippen LogP contribution in [0.15, 0.2) is 0 Å². The first kappa shape index (κ1) is 9.62. The predicted molar refractivity (Wildman–Crippen MR) is 48.3 cm³/mol. The van der Waals surface area contributed by atoms with Crippen LogP contribution in [0.25, 0.3) is 0 Å². The van der Waals surface area contributed by atoms with Crippen LogP contribution in [0.5, 0.6) is 0 Å². The van der Waals surface area contributed by atoms with Crippen LogP contribution >= 0.6 is 0 Å². The van der Waals surface area contributed by atoms with Crippen molar-refractivity contribution in [2.45, 2.75) is 38.4 Å². The summed E-state index contributed by atoms with van der Waals surface area (Å²) >= 11 is 0. The Morgan fingerprint density at radius 3 is 2.83 bits per heavy atom. The minimum Gasteiger partial charge on any atom is -0.481 e. The molecule has 2 radical (unpaired) electrons. The van der Waals surface area contributed by atoms with Gasteiger partial charge in [0.2, 0.25) is 0 Å². The highest BCUT2D eigenvalue weighted by Crippen LogP contribution is 2.35. The molecule has 0 aromatic heterocycles. The first-order valence-corrected chi connectivity index (χ1v) is 4.68. The van der Waals surface area contributed by atoms with Gasteiger partial charge in [0, 0.05) is 0 Å². The van der Waals surface area contributed by atoms with Crippen LogP contribution in [0.2, 0.25) is 6.32 Å². The van der Waals surface area contributed by atoms with Gasteiger partial charge in [-0.15, -0.1) is 0 Å². The molecule has 0 bridgehead atoms. The minimum absolute atomic E-state index is 0.0865. The van der Waals surface area contributed by atoms with E-state index in [-0.39, 0.29) is 5.92 Å². The lowest BCUT2D eigenvalue weighted by atomic mass is 9.88. The maximum absolute atomic E-state index is 10.7. The molecule has 0 saturated heterocycles. The molecule has 0 aliphatic heterocycles. The number of hydrogen-bond donors (Lipinski definition) is 1. The van der Waals surface area contributed by atoms with E-state index < -0.39 is 5.97 Å². The fraction of sp³-hybridized carbons (Fsp3) is 0.889. The summed E-state index contributed by atoms with van der Waals surface area (Å²) in [4.78, 5) is 10.7. The lowest BCUT2D eigenvalue weighted by Gasteiger charge is -2.14. The second-order valence-electron chi connectivity index (χ2n) is 3.57. The predicted octanol–water partition coefficient (Wildman–Crippen LogP) is 1.85. The Kier molecular flexibility index (Phi) is 3.64. The van der Waals surface area contributed by atoms with Crippen LogP contribution in [-0.4, -0.2) is 18.9 Å². The molecule has 0 amide bonds. The van der Waals surface area contributed by atoms with E-state index in [1.165, 1.54) is 0 Å². The Hall–Kier alpha value is -0.465. The summed E-state index contributed by atoms with van der Waals surface area (Å²) in [5.41, 5.74) is 0. The van der Waals surface area contributed by atoms with Crippen molar-refractivity contribution in [1.82, 2.24) is 0 Å². The summed E-state index contributed by atoms with van der Waals surface area (Å²) in [6.07, 6.45) is 5.67. The molecular formula is C9H15BO2. The quantitative estimate of drug-likeness (QED) is 0.647. The number of carboxylic acid groups (broad SMARTS) is 1. The maximum Gasteiger partial charge on any atom is 0.306 e. The van der Waals surface area contributed by atoms with Crippen molar-refractivity contribution < 1.29 is 9.90 Å². The molecule has 0 spiro atoms. The Morgan fingerprint density at radius 1 is 1.50 bits per heavy atom. The molecule has 1 N–H and O–H groups in total. The van der Waals surface area contributed by atoms with Crippen LogP contribution in [-0.2, 0) is 4.79 Å². The molecule has 0 heterocycles. The third-order valence-electron chi connectivity index (χ3n) is 2.76. The first-order chi connectivity index (χ1) is 5.75. The zero-order valence-corrected chi connectivity index (χ0v) is 7.33. The summed E-state index contributed by atoms with van der Waals surface area (Å²) in [6, 6.07) is 0. The van der Waals surface area contributed by atoms with Crippen LogP contribution in [0, 0.1) is 11.8 Å². The van der Waals surface area contributed by atoms with E-state index in [9.17, 15) is 4.79 Å². The SMILES string of the molecule is [B]CCCC1CCCC1C(=O)O. The van der Waals surface area contributed by atoms with Crippen LogP contribution < -0.4 is 0 Å². The molecule has 1 fully saturated rings. The van der Waals surface area contributed by atoms with Gasteiger partial charge >= 0.3 is 5.97 Å². The van der Waals surface area contributed by atoms with Crippen molar-refractivity contribution in [3.63, 3.8) is 0 Å². The summed E-state index contributed by atoms with van der Waals surface area (Å²) in [7, 11) is 5.38. The van der Waals surface area contributed by atoms with Gasteiger partial charge in [-0.3, -0.25) is 4.79 Å². The maximum atomic E-state index is 10.7. The monoisotopic (exact) mass is 166 g/mol. The van der Waals surface area contributed by atoms with Gasteiger partial charge < -0.3 is 5.11 Å². The fourth-order valence-electron chi connectivity index (χ4n) is 2.09. The zero-order valence-electron chi connectivity index (χ0n) is 7.33. The molecule has 2 atom stereocenters. The van der Waals surface area contributed by atoms with Crippen LogP contribution in [0.3, 0.4) is 0 Å². The van der Waals surface area contributed by atoms with Gasteiger partial charge in [-0.1, -0.05) is 25.6 Å². The normalized spacial score (nSPS) is 29.0. The minimum atomic E-state index is -0.616. The van der Waals surface area contributed by atoms with Crippen molar-refractivity contribution in [1.29, 1.82) is 0 Å². The number of rotatable bonds is 4. The van der Waals surface area contributed by atoms with Gasteiger partial charge in [0.1, 0.15) is 0 Å². The van der Waals surface area contributed by atoms with E-state index in [2.05, 4.69) is 0 Å². The molecule has 1 aliphatic carbocycles. The molecule has 12 heavy (non-hydrogen) atoms. The fourth-order valence-corrected chi connectivity index (χ4v) is 2.09. The third kappa shape index (κ3) is 2.26. The van der Waals surface area contributed by atoms with Crippen molar-refractivity contribution in [3.8, 4) is 0 Å². The van der Waals surface area contributed by atoms with Gasteiger partial charge in [0.25, 0.3) is 0 Å². The standard InChI is InChI=1S/C9H15BO2/c10-6-2-4-7-3-1-5-8(7)9(11)12/h7-8H,1-6H2,(H,11,12). The molecule has 3 heteroatoms. The van der Waals surface area contributed by atoms with Gasteiger partial charge in [-0.2, -0.15) is 0 Å². The molecular weight excluding hydrogens is 151 g/mol. The van der Waals surface area contributed by atoms with Gasteiger partial charge in [0.15, 0.2) is 0 Å². The van der Waals surface area contributed by atoms with E-state index in [1.807, 2.05) is 0 Å². The lowest BCUT2D eigenvalue weighted by Crippen LogP contribution is -2.18. The number of hydrogen-bond acceptors (Lipinski definition) is 1. The molecule has 1 aliphatic rings. The second kappa shape index (κ2) is 4.53. The first-order valence-electron chi connectivity index (χ1n) is 4.68. The Labute approximate surface area is 74.8 Å². The van der Waals surface area contributed by atoms with Gasteiger partial charge in [0.05, 0.1) is 13.8 Å². The Balaban J connectivity index is 2.35. The average Bonchev–Trinajstić information content (AvgIpc) is 2.48. The highest BCUT2D eigenvalue weighted by atomic mass is 16.4.